The fraction of sp³-hybridized carbons (Fsp3) is 0.774. The van der Waals surface area contributed by atoms with Crippen molar-refractivity contribution in [1.82, 2.24) is 20.4 Å². The maximum atomic E-state index is 11.0. The van der Waals surface area contributed by atoms with Gasteiger partial charge in [0.2, 0.25) is 0 Å². The lowest BCUT2D eigenvalue weighted by molar-refractivity contribution is -0.109. The molecule has 4 aliphatic heterocycles. The number of fused-ring (bicyclic) bond motifs is 2. The Labute approximate surface area is 255 Å². The highest BCUT2D eigenvalue weighted by Gasteiger charge is 2.52. The van der Waals surface area contributed by atoms with Crippen LogP contribution in [0, 0.1) is 5.92 Å². The van der Waals surface area contributed by atoms with Crippen LogP contribution in [0.5, 0.6) is 0 Å². The highest BCUT2D eigenvalue weighted by Crippen LogP contribution is 2.40. The normalized spacial score (nSPS) is 35.8. The van der Waals surface area contributed by atoms with Gasteiger partial charge in [-0.25, -0.2) is 4.90 Å². The number of anilines is 2. The Bertz CT molecular complexity index is 1160. The standard InChI is InChI=1S/C31H52N8O4/c1-17(2)38(13-23-26(40)27(41)30(43-23)39-16-35-25-28(32)33-15-34-29(25)39)20-10-18(11-20)6-9-24-36-21-8-7-19(12-22(21)37-24)31(3,4)14-42-5/h7-8,12,17-18,20,23-27,29-30,34-37,40-41H,6,9-11,13-16H2,1-5H3,(H2,32,33)/t18?,20?,23-,24?,25?,26-,27-,29?,30-/m1/s1. The molecular weight excluding hydrogens is 548 g/mol. The molecule has 12 heteroatoms. The number of aliphatic hydroxyl groups is 2. The topological polar surface area (TPSA) is 152 Å². The lowest BCUT2D eigenvalue weighted by Gasteiger charge is -2.46. The lowest BCUT2D eigenvalue weighted by Crippen LogP contribution is -2.59. The molecule has 1 saturated carbocycles. The van der Waals surface area contributed by atoms with Gasteiger partial charge < -0.3 is 36.1 Å². The molecule has 12 nitrogen and oxygen atoms in total. The SMILES string of the molecule is COCC(C)(C)c1ccc2c(c1)NC(CCC1CC(N(C[C@H]3O[C@@H](N4CNC5C(N)=NCNC54)[C@H](O)[C@@H]3O)C(C)C)C1)N2. The number of aliphatic hydroxyl groups excluding tert-OH is 2. The molecule has 0 spiro atoms. The molecule has 4 heterocycles. The van der Waals surface area contributed by atoms with Gasteiger partial charge in [-0.15, -0.1) is 0 Å². The zero-order chi connectivity index (χ0) is 30.5. The van der Waals surface area contributed by atoms with E-state index in [0.717, 1.165) is 25.7 Å². The van der Waals surface area contributed by atoms with E-state index < -0.39 is 24.5 Å². The summed E-state index contributed by atoms with van der Waals surface area (Å²) in [6, 6.07) is 7.29. The molecular formula is C31H52N8O4. The number of benzene rings is 1. The third kappa shape index (κ3) is 6.13. The van der Waals surface area contributed by atoms with E-state index in [1.165, 1.54) is 16.9 Å². The van der Waals surface area contributed by atoms with Gasteiger partial charge in [0.25, 0.3) is 0 Å². The Kier molecular flexibility index (Phi) is 8.93. The van der Waals surface area contributed by atoms with E-state index in [9.17, 15) is 10.2 Å². The number of amidine groups is 1. The van der Waals surface area contributed by atoms with Crippen molar-refractivity contribution in [3.05, 3.63) is 23.8 Å². The summed E-state index contributed by atoms with van der Waals surface area (Å²) in [6.07, 6.45) is 1.63. The number of aliphatic imine (C=N–C) groups is 1. The molecule has 0 amide bonds. The Morgan fingerprint density at radius 2 is 1.91 bits per heavy atom. The van der Waals surface area contributed by atoms with Gasteiger partial charge in [0.1, 0.15) is 30.4 Å². The summed E-state index contributed by atoms with van der Waals surface area (Å²) in [6.45, 7) is 11.1. The Morgan fingerprint density at radius 3 is 2.65 bits per heavy atom. The van der Waals surface area contributed by atoms with Crippen LogP contribution < -0.4 is 27.0 Å². The summed E-state index contributed by atoms with van der Waals surface area (Å²) in [4.78, 5) is 8.74. The third-order valence-electron chi connectivity index (χ3n) is 10.3. The number of hydrogen-bond donors (Lipinski definition) is 7. The average Bonchev–Trinajstić information content (AvgIpc) is 3.63. The minimum absolute atomic E-state index is 0.0315. The van der Waals surface area contributed by atoms with E-state index in [1.54, 1.807) is 7.11 Å². The van der Waals surface area contributed by atoms with Crippen molar-refractivity contribution in [3.63, 3.8) is 0 Å². The minimum Gasteiger partial charge on any atom is -0.387 e. The zero-order valence-corrected chi connectivity index (χ0v) is 26.3. The maximum absolute atomic E-state index is 11.0. The van der Waals surface area contributed by atoms with Crippen molar-refractivity contribution in [2.24, 2.45) is 16.6 Å². The predicted octanol–water partition coefficient (Wildman–Crippen LogP) is 0.965. The molecule has 240 valence electrons. The first-order valence-electron chi connectivity index (χ1n) is 16.0. The van der Waals surface area contributed by atoms with Crippen molar-refractivity contribution in [2.75, 3.05) is 44.2 Å². The van der Waals surface area contributed by atoms with Crippen LogP contribution in [-0.4, -0.2) is 114 Å². The predicted molar refractivity (Wildman–Crippen MR) is 168 cm³/mol. The van der Waals surface area contributed by atoms with Crippen LogP contribution >= 0.6 is 0 Å². The van der Waals surface area contributed by atoms with E-state index in [2.05, 4.69) is 77.1 Å². The van der Waals surface area contributed by atoms with E-state index in [-0.39, 0.29) is 23.8 Å². The monoisotopic (exact) mass is 600 g/mol. The van der Waals surface area contributed by atoms with Gasteiger partial charge in [0.15, 0.2) is 0 Å². The Hall–Kier alpha value is -2.03. The Morgan fingerprint density at radius 1 is 1.14 bits per heavy atom. The van der Waals surface area contributed by atoms with Gasteiger partial charge in [-0.05, 0) is 63.1 Å². The number of methoxy groups -OCH3 is 1. The molecule has 1 aromatic rings. The van der Waals surface area contributed by atoms with E-state index in [4.69, 9.17) is 15.2 Å². The number of ether oxygens (including phenoxy) is 2. The smallest absolute Gasteiger partial charge is 0.142 e. The summed E-state index contributed by atoms with van der Waals surface area (Å²) in [5, 5.41) is 36.1. The maximum Gasteiger partial charge on any atom is 0.142 e. The fourth-order valence-electron chi connectivity index (χ4n) is 7.65. The zero-order valence-electron chi connectivity index (χ0n) is 26.3. The van der Waals surface area contributed by atoms with Crippen molar-refractivity contribution in [3.8, 4) is 0 Å². The molecule has 6 rings (SSSR count). The van der Waals surface area contributed by atoms with E-state index in [0.29, 0.717) is 50.3 Å². The van der Waals surface area contributed by atoms with Crippen LogP contribution in [0.2, 0.25) is 0 Å². The lowest BCUT2D eigenvalue weighted by atomic mass is 9.76. The second-order valence-corrected chi connectivity index (χ2v) is 14.1. The molecule has 0 radical (unpaired) electrons. The first-order chi connectivity index (χ1) is 20.6. The van der Waals surface area contributed by atoms with E-state index >= 15 is 0 Å². The number of nitrogens with zero attached hydrogens (tertiary/aromatic N) is 3. The molecule has 1 aromatic carbocycles. The molecule has 43 heavy (non-hydrogen) atoms. The van der Waals surface area contributed by atoms with E-state index in [1.807, 2.05) is 4.90 Å². The number of nitrogens with one attached hydrogen (secondary N) is 4. The van der Waals surface area contributed by atoms with Gasteiger partial charge >= 0.3 is 0 Å². The molecule has 1 aliphatic carbocycles. The second-order valence-electron chi connectivity index (χ2n) is 14.1. The molecule has 5 aliphatic rings. The highest BCUT2D eigenvalue weighted by molar-refractivity contribution is 5.87. The van der Waals surface area contributed by atoms with Crippen LogP contribution in [0.25, 0.3) is 0 Å². The molecule has 2 saturated heterocycles. The van der Waals surface area contributed by atoms with Gasteiger partial charge in [-0.1, -0.05) is 19.9 Å². The van der Waals surface area contributed by atoms with Gasteiger partial charge in [-0.3, -0.25) is 20.5 Å². The number of rotatable bonds is 11. The van der Waals surface area contributed by atoms with Crippen LogP contribution in [0.3, 0.4) is 0 Å². The summed E-state index contributed by atoms with van der Waals surface area (Å²) in [7, 11) is 1.76. The molecule has 8 N–H and O–H groups in total. The largest absolute Gasteiger partial charge is 0.387 e. The second kappa shape index (κ2) is 12.4. The summed E-state index contributed by atoms with van der Waals surface area (Å²) >= 11 is 0. The quantitative estimate of drug-likeness (QED) is 0.195. The summed E-state index contributed by atoms with van der Waals surface area (Å²) < 4.78 is 11.8. The summed E-state index contributed by atoms with van der Waals surface area (Å²) in [5.41, 5.74) is 9.69. The van der Waals surface area contributed by atoms with Gasteiger partial charge in [0, 0.05) is 31.2 Å². The van der Waals surface area contributed by atoms with Crippen molar-refractivity contribution >= 4 is 17.2 Å². The van der Waals surface area contributed by atoms with Crippen LogP contribution in [0.1, 0.15) is 58.9 Å². The first kappa shape index (κ1) is 31.0. The number of nitrogens with two attached hydrogens (primary N) is 1. The molecule has 3 unspecified atom stereocenters. The number of hydrogen-bond acceptors (Lipinski definition) is 12. The molecule has 7 atom stereocenters. The van der Waals surface area contributed by atoms with Crippen molar-refractivity contribution in [1.29, 1.82) is 0 Å². The highest BCUT2D eigenvalue weighted by atomic mass is 16.6. The fourth-order valence-corrected chi connectivity index (χ4v) is 7.65. The third-order valence-corrected chi connectivity index (χ3v) is 10.3. The van der Waals surface area contributed by atoms with Gasteiger partial charge in [-0.2, -0.15) is 0 Å². The van der Waals surface area contributed by atoms with Crippen molar-refractivity contribution < 1.29 is 19.7 Å². The average molecular weight is 601 g/mol. The van der Waals surface area contributed by atoms with Gasteiger partial charge in [0.05, 0.1) is 49.7 Å². The molecule has 0 bridgehead atoms. The summed E-state index contributed by atoms with van der Waals surface area (Å²) in [5.74, 6) is 1.24. The van der Waals surface area contributed by atoms with Crippen LogP contribution in [0.4, 0.5) is 11.4 Å². The first-order valence-corrected chi connectivity index (χ1v) is 16.0. The molecule has 3 fully saturated rings. The minimum atomic E-state index is -0.992. The Balaban J connectivity index is 0.980. The van der Waals surface area contributed by atoms with Crippen LogP contribution in [0.15, 0.2) is 23.2 Å². The molecule has 0 aromatic heterocycles. The van der Waals surface area contributed by atoms with Crippen LogP contribution in [-0.2, 0) is 14.9 Å². The van der Waals surface area contributed by atoms with Crippen molar-refractivity contribution in [2.45, 2.75) is 114 Å².